The van der Waals surface area contributed by atoms with Crippen LogP contribution >= 0.6 is 11.6 Å². The second-order valence-corrected chi connectivity index (χ2v) is 5.92. The first-order valence-electron chi connectivity index (χ1n) is 7.05. The molecule has 1 saturated carbocycles. The van der Waals surface area contributed by atoms with E-state index in [1.165, 1.54) is 12.1 Å². The Labute approximate surface area is 127 Å². The smallest absolute Gasteiger partial charge is 0.141 e. The van der Waals surface area contributed by atoms with Crippen molar-refractivity contribution in [3.63, 3.8) is 0 Å². The zero-order chi connectivity index (χ0) is 14.8. The van der Waals surface area contributed by atoms with Crippen LogP contribution in [0.5, 0.6) is 0 Å². The molecule has 0 unspecified atom stereocenters. The van der Waals surface area contributed by atoms with Gasteiger partial charge in [-0.1, -0.05) is 35.9 Å². The summed E-state index contributed by atoms with van der Waals surface area (Å²) in [6.07, 6.45) is 1.85. The summed E-state index contributed by atoms with van der Waals surface area (Å²) < 4.78 is 26.7. The Morgan fingerprint density at radius 1 is 1.05 bits per heavy atom. The van der Waals surface area contributed by atoms with E-state index in [-0.39, 0.29) is 10.8 Å². The average molecular weight is 308 g/mol. The average Bonchev–Trinajstić information content (AvgIpc) is 2.43. The van der Waals surface area contributed by atoms with Crippen LogP contribution < -0.4 is 5.32 Å². The predicted octanol–water partition coefficient (Wildman–Crippen LogP) is 4.65. The quantitative estimate of drug-likeness (QED) is 0.866. The zero-order valence-electron chi connectivity index (χ0n) is 11.5. The van der Waals surface area contributed by atoms with Crippen LogP contribution in [0.4, 0.5) is 8.78 Å². The molecule has 1 N–H and O–H groups in total. The fourth-order valence-electron chi connectivity index (χ4n) is 2.76. The molecule has 0 heterocycles. The summed E-state index contributed by atoms with van der Waals surface area (Å²) in [7, 11) is 0. The van der Waals surface area contributed by atoms with Gasteiger partial charge in [0.2, 0.25) is 0 Å². The van der Waals surface area contributed by atoms with E-state index in [4.69, 9.17) is 11.6 Å². The molecule has 2 aromatic carbocycles. The lowest BCUT2D eigenvalue weighted by atomic mass is 9.75. The van der Waals surface area contributed by atoms with Gasteiger partial charge in [-0.15, -0.1) is 0 Å². The number of nitrogens with one attached hydrogen (secondary N) is 1. The SMILES string of the molecule is Fc1ccc(CNC2CC(c3ccccc3F)C2)cc1Cl. The van der Waals surface area contributed by atoms with Crippen LogP contribution in [0.15, 0.2) is 42.5 Å². The van der Waals surface area contributed by atoms with Gasteiger partial charge in [0.15, 0.2) is 0 Å². The number of benzene rings is 2. The van der Waals surface area contributed by atoms with E-state index in [9.17, 15) is 8.78 Å². The Hall–Kier alpha value is -1.45. The molecular weight excluding hydrogens is 292 g/mol. The molecule has 0 spiro atoms. The van der Waals surface area contributed by atoms with Crippen molar-refractivity contribution in [2.24, 2.45) is 0 Å². The van der Waals surface area contributed by atoms with E-state index in [2.05, 4.69) is 5.32 Å². The third-order valence-corrected chi connectivity index (χ3v) is 4.35. The first-order valence-corrected chi connectivity index (χ1v) is 7.43. The van der Waals surface area contributed by atoms with Crippen LogP contribution in [0.2, 0.25) is 5.02 Å². The fraction of sp³-hybridized carbons (Fsp3) is 0.294. The van der Waals surface area contributed by atoms with Crippen LogP contribution in [0.1, 0.15) is 29.9 Å². The van der Waals surface area contributed by atoms with Gasteiger partial charge >= 0.3 is 0 Å². The van der Waals surface area contributed by atoms with Gasteiger partial charge in [0.1, 0.15) is 11.6 Å². The summed E-state index contributed by atoms with van der Waals surface area (Å²) in [4.78, 5) is 0. The van der Waals surface area contributed by atoms with Gasteiger partial charge in [-0.05, 0) is 48.1 Å². The normalized spacial score (nSPS) is 21.1. The highest BCUT2D eigenvalue weighted by atomic mass is 35.5. The maximum Gasteiger partial charge on any atom is 0.141 e. The molecule has 1 nitrogen and oxygen atoms in total. The van der Waals surface area contributed by atoms with Crippen molar-refractivity contribution in [1.82, 2.24) is 5.32 Å². The molecule has 21 heavy (non-hydrogen) atoms. The second kappa shape index (κ2) is 6.12. The molecule has 0 aromatic heterocycles. The Morgan fingerprint density at radius 3 is 2.52 bits per heavy atom. The van der Waals surface area contributed by atoms with E-state index in [0.29, 0.717) is 18.5 Å². The lowest BCUT2D eigenvalue weighted by Crippen LogP contribution is -2.39. The van der Waals surface area contributed by atoms with Crippen LogP contribution in [0.3, 0.4) is 0 Å². The minimum atomic E-state index is -0.399. The van der Waals surface area contributed by atoms with Crippen molar-refractivity contribution in [3.8, 4) is 0 Å². The molecule has 110 valence electrons. The molecule has 2 aromatic rings. The molecule has 1 aliphatic rings. The lowest BCUT2D eigenvalue weighted by Gasteiger charge is -2.36. The predicted molar refractivity (Wildman–Crippen MR) is 80.4 cm³/mol. The number of halogens is 3. The summed E-state index contributed by atoms with van der Waals surface area (Å²) in [6, 6.07) is 12.1. The maximum absolute atomic E-state index is 13.7. The monoisotopic (exact) mass is 307 g/mol. The molecule has 0 saturated heterocycles. The Bertz CT molecular complexity index is 638. The molecule has 4 heteroatoms. The van der Waals surface area contributed by atoms with Crippen molar-refractivity contribution >= 4 is 11.6 Å². The number of hydrogen-bond donors (Lipinski definition) is 1. The van der Waals surface area contributed by atoms with Crippen LogP contribution in [0, 0.1) is 11.6 Å². The van der Waals surface area contributed by atoms with E-state index in [1.807, 2.05) is 12.1 Å². The van der Waals surface area contributed by atoms with Gasteiger partial charge in [0.25, 0.3) is 0 Å². The van der Waals surface area contributed by atoms with Crippen LogP contribution in [0.25, 0.3) is 0 Å². The summed E-state index contributed by atoms with van der Waals surface area (Å²) in [5, 5.41) is 3.54. The van der Waals surface area contributed by atoms with E-state index in [0.717, 1.165) is 24.0 Å². The van der Waals surface area contributed by atoms with Gasteiger partial charge in [-0.2, -0.15) is 0 Å². The summed E-state index contributed by atoms with van der Waals surface area (Å²) in [6.45, 7) is 0.647. The summed E-state index contributed by atoms with van der Waals surface area (Å²) >= 11 is 5.75. The Balaban J connectivity index is 1.51. The highest BCUT2D eigenvalue weighted by Gasteiger charge is 2.31. The molecule has 1 aliphatic carbocycles. The topological polar surface area (TPSA) is 12.0 Å². The lowest BCUT2D eigenvalue weighted by molar-refractivity contribution is 0.284. The van der Waals surface area contributed by atoms with Gasteiger partial charge in [0.05, 0.1) is 5.02 Å². The largest absolute Gasteiger partial charge is 0.310 e. The van der Waals surface area contributed by atoms with Gasteiger partial charge in [-0.25, -0.2) is 8.78 Å². The fourth-order valence-corrected chi connectivity index (χ4v) is 2.96. The zero-order valence-corrected chi connectivity index (χ0v) is 12.2. The van der Waals surface area contributed by atoms with Crippen molar-refractivity contribution in [1.29, 1.82) is 0 Å². The molecule has 0 bridgehead atoms. The summed E-state index contributed by atoms with van der Waals surface area (Å²) in [5.74, 6) is -0.226. The molecule has 0 radical (unpaired) electrons. The highest BCUT2D eigenvalue weighted by molar-refractivity contribution is 6.30. The third-order valence-electron chi connectivity index (χ3n) is 4.06. The van der Waals surface area contributed by atoms with Gasteiger partial charge in [-0.3, -0.25) is 0 Å². The van der Waals surface area contributed by atoms with Crippen molar-refractivity contribution < 1.29 is 8.78 Å². The van der Waals surface area contributed by atoms with E-state index < -0.39 is 5.82 Å². The van der Waals surface area contributed by atoms with Gasteiger partial charge in [0, 0.05) is 12.6 Å². The maximum atomic E-state index is 13.7. The molecule has 0 atom stereocenters. The minimum Gasteiger partial charge on any atom is -0.310 e. The molecule has 0 aliphatic heterocycles. The highest BCUT2D eigenvalue weighted by Crippen LogP contribution is 2.38. The Morgan fingerprint density at radius 2 is 1.81 bits per heavy atom. The first kappa shape index (κ1) is 14.5. The second-order valence-electron chi connectivity index (χ2n) is 5.52. The van der Waals surface area contributed by atoms with Crippen LogP contribution in [-0.2, 0) is 6.54 Å². The standard InChI is InChI=1S/C17H16ClF2N/c18-15-7-11(5-6-17(15)20)10-21-13-8-12(9-13)14-3-1-2-4-16(14)19/h1-7,12-13,21H,8-10H2. The van der Waals surface area contributed by atoms with Crippen molar-refractivity contribution in [2.45, 2.75) is 31.3 Å². The Kier molecular flexibility index (Phi) is 4.22. The molecule has 1 fully saturated rings. The van der Waals surface area contributed by atoms with E-state index >= 15 is 0 Å². The minimum absolute atomic E-state index is 0.119. The third kappa shape index (κ3) is 3.25. The molecular formula is C17H16ClF2N. The van der Waals surface area contributed by atoms with Gasteiger partial charge < -0.3 is 5.32 Å². The van der Waals surface area contributed by atoms with E-state index in [1.54, 1.807) is 18.2 Å². The first-order chi connectivity index (χ1) is 10.1. The molecule has 3 rings (SSSR count). The summed E-state index contributed by atoms with van der Waals surface area (Å²) in [5.41, 5.74) is 1.76. The van der Waals surface area contributed by atoms with Crippen molar-refractivity contribution in [2.75, 3.05) is 0 Å². The molecule has 0 amide bonds. The number of rotatable bonds is 4. The van der Waals surface area contributed by atoms with Crippen molar-refractivity contribution in [3.05, 3.63) is 70.2 Å². The number of hydrogen-bond acceptors (Lipinski definition) is 1. The van der Waals surface area contributed by atoms with Crippen LogP contribution in [-0.4, -0.2) is 6.04 Å².